The van der Waals surface area contributed by atoms with Crippen LogP contribution in [-0.2, 0) is 24.7 Å². The lowest BCUT2D eigenvalue weighted by Crippen LogP contribution is -2.34. The van der Waals surface area contributed by atoms with E-state index in [9.17, 15) is 4.79 Å². The van der Waals surface area contributed by atoms with Crippen LogP contribution < -0.4 is 10.6 Å². The first kappa shape index (κ1) is 27.3. The van der Waals surface area contributed by atoms with Crippen molar-refractivity contribution in [3.8, 4) is 11.1 Å². The van der Waals surface area contributed by atoms with Gasteiger partial charge in [0.1, 0.15) is 11.9 Å². The summed E-state index contributed by atoms with van der Waals surface area (Å²) in [4.78, 5) is 17.9. The van der Waals surface area contributed by atoms with Crippen LogP contribution in [0.25, 0.3) is 11.1 Å². The number of amides is 1. The molecule has 0 fully saturated rings. The van der Waals surface area contributed by atoms with Gasteiger partial charge in [0.25, 0.3) is 0 Å². The zero-order valence-electron chi connectivity index (χ0n) is 22.8. The summed E-state index contributed by atoms with van der Waals surface area (Å²) in [7, 11) is 1.89. The summed E-state index contributed by atoms with van der Waals surface area (Å²) in [6, 6.07) is 20.3. The third-order valence-corrected chi connectivity index (χ3v) is 6.83. The summed E-state index contributed by atoms with van der Waals surface area (Å²) < 4.78 is 1.76. The maximum Gasteiger partial charge on any atom is 0.247 e. The topological polar surface area (TPSA) is 71.8 Å². The van der Waals surface area contributed by atoms with E-state index in [2.05, 4.69) is 83.1 Å². The molecule has 0 unspecified atom stereocenters. The molecule has 0 radical (unpaired) electrons. The predicted molar refractivity (Wildman–Crippen MR) is 155 cm³/mol. The van der Waals surface area contributed by atoms with Crippen molar-refractivity contribution in [1.82, 2.24) is 20.1 Å². The van der Waals surface area contributed by atoms with Crippen molar-refractivity contribution in [3.05, 3.63) is 102 Å². The third kappa shape index (κ3) is 7.86. The summed E-state index contributed by atoms with van der Waals surface area (Å²) in [6.07, 6.45) is 12.4. The number of carbonyl (C=O) groups is 1. The average Bonchev–Trinajstić information content (AvgIpc) is 3.37. The highest BCUT2D eigenvalue weighted by Crippen LogP contribution is 2.21. The van der Waals surface area contributed by atoms with Gasteiger partial charge in [-0.3, -0.25) is 9.48 Å². The summed E-state index contributed by atoms with van der Waals surface area (Å²) in [5, 5.41) is 10.7. The highest BCUT2D eigenvalue weighted by atomic mass is 16.2. The molecule has 2 N–H and O–H groups in total. The Kier molecular flexibility index (Phi) is 9.82. The highest BCUT2D eigenvalue weighted by Gasteiger charge is 2.21. The van der Waals surface area contributed by atoms with Crippen molar-refractivity contribution in [3.63, 3.8) is 0 Å². The number of nitrogens with zero attached hydrogens (tertiary/aromatic N) is 3. The predicted octanol–water partition coefficient (Wildman–Crippen LogP) is 6.43. The maximum atomic E-state index is 13.5. The number of hydrogen-bond donors (Lipinski definition) is 2. The van der Waals surface area contributed by atoms with Gasteiger partial charge in [-0.2, -0.15) is 5.10 Å². The Balaban J connectivity index is 1.43. The molecule has 1 amide bonds. The van der Waals surface area contributed by atoms with Gasteiger partial charge in [-0.1, -0.05) is 80.3 Å². The summed E-state index contributed by atoms with van der Waals surface area (Å²) in [6.45, 7) is 5.01. The SMILES string of the molecule is CCCCCCc1ccc([C@@H](NCCc2ccc(C)cc2)C(=O)Nc2ccc(-c3cnn(C)c3)cn2)cc1. The molecular formula is C32H39N5O. The fourth-order valence-electron chi connectivity index (χ4n) is 4.52. The number of aromatic nitrogens is 3. The standard InChI is InChI=1S/C32H39N5O/c1-4-5-6-7-8-25-13-15-27(16-14-25)31(33-20-19-26-11-9-24(2)10-12-26)32(38)36-30-18-17-28(21-34-30)29-22-35-37(3)23-29/h9-18,21-23,31,33H,4-8,19-20H2,1-3H3,(H,34,36,38)/t31-/m1/s1. The zero-order valence-corrected chi connectivity index (χ0v) is 22.8. The van der Waals surface area contributed by atoms with Gasteiger partial charge in [-0.05, 0) is 55.0 Å². The average molecular weight is 510 g/mol. The molecule has 4 rings (SSSR count). The summed E-state index contributed by atoms with van der Waals surface area (Å²) in [5.74, 6) is 0.409. The van der Waals surface area contributed by atoms with E-state index in [1.807, 2.05) is 25.4 Å². The molecule has 0 bridgehead atoms. The smallest absolute Gasteiger partial charge is 0.247 e. The molecule has 0 aliphatic carbocycles. The van der Waals surface area contributed by atoms with Crippen LogP contribution in [0.15, 0.2) is 79.3 Å². The molecule has 38 heavy (non-hydrogen) atoms. The first-order valence-corrected chi connectivity index (χ1v) is 13.7. The molecular weight excluding hydrogens is 470 g/mol. The summed E-state index contributed by atoms with van der Waals surface area (Å²) in [5.41, 5.74) is 6.71. The van der Waals surface area contributed by atoms with E-state index in [1.165, 1.54) is 42.4 Å². The van der Waals surface area contributed by atoms with Gasteiger partial charge in [0, 0.05) is 37.1 Å². The van der Waals surface area contributed by atoms with E-state index in [1.54, 1.807) is 17.1 Å². The van der Waals surface area contributed by atoms with Crippen molar-refractivity contribution in [2.24, 2.45) is 7.05 Å². The molecule has 198 valence electrons. The number of rotatable bonds is 13. The van der Waals surface area contributed by atoms with Crippen molar-refractivity contribution < 1.29 is 4.79 Å². The quantitative estimate of drug-likeness (QED) is 0.204. The largest absolute Gasteiger partial charge is 0.309 e. The molecule has 0 saturated carbocycles. The van der Waals surface area contributed by atoms with E-state index in [0.29, 0.717) is 12.4 Å². The lowest BCUT2D eigenvalue weighted by Gasteiger charge is -2.19. The molecule has 6 nitrogen and oxygen atoms in total. The number of anilines is 1. The van der Waals surface area contributed by atoms with Gasteiger partial charge in [-0.25, -0.2) is 4.98 Å². The molecule has 0 aliphatic heterocycles. The zero-order chi connectivity index (χ0) is 26.7. The molecule has 0 saturated heterocycles. The van der Waals surface area contributed by atoms with Gasteiger partial charge in [0.2, 0.25) is 5.91 Å². The summed E-state index contributed by atoms with van der Waals surface area (Å²) >= 11 is 0. The Morgan fingerprint density at radius 1 is 0.868 bits per heavy atom. The maximum absolute atomic E-state index is 13.5. The number of nitrogens with one attached hydrogen (secondary N) is 2. The number of benzene rings is 2. The van der Waals surface area contributed by atoms with Crippen molar-refractivity contribution in [1.29, 1.82) is 0 Å². The fraction of sp³-hybridized carbons (Fsp3) is 0.344. The minimum Gasteiger partial charge on any atom is -0.309 e. The molecule has 0 spiro atoms. The second-order valence-electron chi connectivity index (χ2n) is 10.00. The molecule has 4 aromatic rings. The number of carbonyl (C=O) groups excluding carboxylic acids is 1. The second kappa shape index (κ2) is 13.7. The van der Waals surface area contributed by atoms with Gasteiger partial charge in [0.05, 0.1) is 6.20 Å². The van der Waals surface area contributed by atoms with Gasteiger partial charge in [0.15, 0.2) is 0 Å². The van der Waals surface area contributed by atoms with Crippen molar-refractivity contribution in [2.75, 3.05) is 11.9 Å². The Hall–Kier alpha value is -3.77. The molecule has 6 heteroatoms. The van der Waals surface area contributed by atoms with Crippen LogP contribution in [0.2, 0.25) is 0 Å². The van der Waals surface area contributed by atoms with Crippen LogP contribution in [-0.4, -0.2) is 27.2 Å². The van der Waals surface area contributed by atoms with Gasteiger partial charge < -0.3 is 10.6 Å². The first-order chi connectivity index (χ1) is 18.5. The Bertz CT molecular complexity index is 1280. The van der Waals surface area contributed by atoms with Crippen LogP contribution in [0.1, 0.15) is 60.9 Å². The minimum atomic E-state index is -0.477. The fourth-order valence-corrected chi connectivity index (χ4v) is 4.52. The van der Waals surface area contributed by atoms with Crippen LogP contribution in [0, 0.1) is 6.92 Å². The number of pyridine rings is 1. The molecule has 2 heterocycles. The minimum absolute atomic E-state index is 0.119. The van der Waals surface area contributed by atoms with Crippen molar-refractivity contribution in [2.45, 2.75) is 58.4 Å². The van der Waals surface area contributed by atoms with E-state index >= 15 is 0 Å². The number of unbranched alkanes of at least 4 members (excludes halogenated alkanes) is 3. The molecule has 0 aliphatic rings. The third-order valence-electron chi connectivity index (χ3n) is 6.83. The lowest BCUT2D eigenvalue weighted by molar-refractivity contribution is -0.118. The van der Waals surface area contributed by atoms with Crippen LogP contribution in [0.5, 0.6) is 0 Å². The number of hydrogen-bond acceptors (Lipinski definition) is 4. The van der Waals surface area contributed by atoms with E-state index in [4.69, 9.17) is 0 Å². The Morgan fingerprint density at radius 2 is 1.61 bits per heavy atom. The van der Waals surface area contributed by atoms with E-state index < -0.39 is 6.04 Å². The first-order valence-electron chi connectivity index (χ1n) is 13.7. The van der Waals surface area contributed by atoms with Crippen molar-refractivity contribution >= 4 is 11.7 Å². The monoisotopic (exact) mass is 509 g/mol. The highest BCUT2D eigenvalue weighted by molar-refractivity contribution is 5.95. The van der Waals surface area contributed by atoms with E-state index in [0.717, 1.165) is 29.5 Å². The molecule has 1 atom stereocenters. The van der Waals surface area contributed by atoms with E-state index in [-0.39, 0.29) is 5.91 Å². The number of aryl methyl sites for hydroxylation is 3. The van der Waals surface area contributed by atoms with Gasteiger partial charge >= 0.3 is 0 Å². The van der Waals surface area contributed by atoms with Crippen LogP contribution >= 0.6 is 0 Å². The normalized spacial score (nSPS) is 11.9. The van der Waals surface area contributed by atoms with Crippen LogP contribution in [0.4, 0.5) is 5.82 Å². The second-order valence-corrected chi connectivity index (χ2v) is 10.00. The van der Waals surface area contributed by atoms with Crippen LogP contribution in [0.3, 0.4) is 0 Å². The molecule has 2 aromatic carbocycles. The molecule has 2 aromatic heterocycles. The Labute approximate surface area is 226 Å². The lowest BCUT2D eigenvalue weighted by atomic mass is 10.0. The Morgan fingerprint density at radius 3 is 2.26 bits per heavy atom. The van der Waals surface area contributed by atoms with Gasteiger partial charge in [-0.15, -0.1) is 0 Å².